The molecular formula is C86H168O17P2. The van der Waals surface area contributed by atoms with Gasteiger partial charge in [0.1, 0.15) is 19.3 Å². The Bertz CT molecular complexity index is 2040. The van der Waals surface area contributed by atoms with Gasteiger partial charge in [-0.15, -0.1) is 0 Å². The van der Waals surface area contributed by atoms with Crippen molar-refractivity contribution in [1.82, 2.24) is 0 Å². The van der Waals surface area contributed by atoms with Crippen molar-refractivity contribution >= 4 is 39.5 Å². The maximum atomic E-state index is 13.1. The quantitative estimate of drug-likeness (QED) is 0.0222. The predicted molar refractivity (Wildman–Crippen MR) is 432 cm³/mol. The molecule has 0 amide bonds. The van der Waals surface area contributed by atoms with Crippen LogP contribution in [0.5, 0.6) is 0 Å². The third-order valence-electron chi connectivity index (χ3n) is 20.1. The highest BCUT2D eigenvalue weighted by Gasteiger charge is 2.30. The fraction of sp³-hybridized carbons (Fsp3) is 0.953. The minimum absolute atomic E-state index is 0.107. The Morgan fingerprint density at radius 2 is 0.400 bits per heavy atom. The average molecular weight is 1540 g/mol. The number of carbonyl (C=O) groups excluding carboxylic acids is 4. The number of hydrogen-bond donors (Lipinski definition) is 3. The summed E-state index contributed by atoms with van der Waals surface area (Å²) in [7, 11) is -9.93. The molecule has 0 aromatic heterocycles. The van der Waals surface area contributed by atoms with Crippen LogP contribution in [0.4, 0.5) is 0 Å². The predicted octanol–water partition coefficient (Wildman–Crippen LogP) is 25.9. The van der Waals surface area contributed by atoms with E-state index in [4.69, 9.17) is 37.0 Å². The number of phosphoric ester groups is 2. The topological polar surface area (TPSA) is 237 Å². The minimum atomic E-state index is -4.97. The molecule has 0 rings (SSSR count). The maximum Gasteiger partial charge on any atom is 0.472 e. The first kappa shape index (κ1) is 103. The summed E-state index contributed by atoms with van der Waals surface area (Å²) in [5.41, 5.74) is 0. The summed E-state index contributed by atoms with van der Waals surface area (Å²) < 4.78 is 68.9. The van der Waals surface area contributed by atoms with Crippen molar-refractivity contribution < 1.29 is 80.2 Å². The lowest BCUT2D eigenvalue weighted by molar-refractivity contribution is -0.161. The second-order valence-corrected chi connectivity index (χ2v) is 35.7. The van der Waals surface area contributed by atoms with Crippen molar-refractivity contribution in [2.45, 2.75) is 465 Å². The van der Waals surface area contributed by atoms with Crippen LogP contribution in [-0.4, -0.2) is 96.7 Å². The van der Waals surface area contributed by atoms with Gasteiger partial charge >= 0.3 is 39.5 Å². The van der Waals surface area contributed by atoms with E-state index >= 15 is 0 Å². The van der Waals surface area contributed by atoms with Crippen LogP contribution >= 0.6 is 15.6 Å². The molecule has 0 aromatic carbocycles. The zero-order valence-corrected chi connectivity index (χ0v) is 71.2. The van der Waals surface area contributed by atoms with E-state index in [1.54, 1.807) is 0 Å². The molecule has 0 aromatic rings. The van der Waals surface area contributed by atoms with Gasteiger partial charge in [0.2, 0.25) is 0 Å². The number of unbranched alkanes of at least 4 members (excludes halogenated alkanes) is 49. The largest absolute Gasteiger partial charge is 0.472 e. The Balaban J connectivity index is 5.25. The summed E-state index contributed by atoms with van der Waals surface area (Å²) in [5.74, 6) is 1.03. The summed E-state index contributed by atoms with van der Waals surface area (Å²) in [5, 5.41) is 10.7. The van der Waals surface area contributed by atoms with E-state index < -0.39 is 97.5 Å². The van der Waals surface area contributed by atoms with Crippen LogP contribution in [0.25, 0.3) is 0 Å². The molecule has 0 radical (unpaired) electrons. The minimum Gasteiger partial charge on any atom is -0.462 e. The Kier molecular flexibility index (Phi) is 73.4. The fourth-order valence-electron chi connectivity index (χ4n) is 13.3. The number of rotatable bonds is 83. The number of esters is 4. The van der Waals surface area contributed by atoms with Crippen LogP contribution in [-0.2, 0) is 65.4 Å². The molecule has 3 N–H and O–H groups in total. The second kappa shape index (κ2) is 74.8. The molecule has 0 spiro atoms. The van der Waals surface area contributed by atoms with Gasteiger partial charge in [-0.1, -0.05) is 396 Å². The van der Waals surface area contributed by atoms with Gasteiger partial charge in [0.25, 0.3) is 0 Å². The molecule has 2 unspecified atom stereocenters. The van der Waals surface area contributed by atoms with Crippen LogP contribution in [0.1, 0.15) is 447 Å². The number of carbonyl (C=O) groups is 4. The van der Waals surface area contributed by atoms with Gasteiger partial charge in [0.05, 0.1) is 26.4 Å². The molecule has 17 nitrogen and oxygen atoms in total. The standard InChI is InChI=1S/C86H168O17P2/c1-76(2)62-54-46-38-30-24-18-12-9-10-14-22-28-34-44-52-60-68-85(90)102-81(72-96-83(88)66-58-50-42-33-27-21-15-11-13-19-25-31-39-47-55-63-77(3)4)74-100-104(92,93)98-70-80(87)71-99-105(94,95)101-75-82(73-97-84(89)67-59-51-43-37-36-41-49-57-65-79(7)8)103-86(91)69-61-53-45-35-29-23-17-16-20-26-32-40-48-56-64-78(5)6/h76-82,87H,9-75H2,1-8H3,(H,92,93)(H,94,95)/t80-,81-,82-/m1/s1. The first-order valence-electron chi connectivity index (χ1n) is 44.2. The highest BCUT2D eigenvalue weighted by atomic mass is 31.2. The SMILES string of the molecule is CC(C)CCCCCCCCCCCCCCCCCCC(=O)O[C@H](COC(=O)CCCCCCCCCCCCCCCCCC(C)C)COP(=O)(O)OC[C@@H](O)COP(=O)(O)OC[C@@H](COC(=O)CCCCCCCCCCC(C)C)OC(=O)CCCCCCCCCCCCCCCCC(C)C. The maximum absolute atomic E-state index is 13.1. The molecule has 0 saturated heterocycles. The molecule has 5 atom stereocenters. The Labute approximate surface area is 645 Å². The van der Waals surface area contributed by atoms with Crippen LogP contribution in [0.2, 0.25) is 0 Å². The van der Waals surface area contributed by atoms with Crippen molar-refractivity contribution in [3.63, 3.8) is 0 Å². The Hall–Kier alpha value is -1.94. The summed E-state index contributed by atoms with van der Waals surface area (Å²) >= 11 is 0. The fourth-order valence-corrected chi connectivity index (χ4v) is 14.9. The van der Waals surface area contributed by atoms with Crippen LogP contribution in [0, 0.1) is 23.7 Å². The Morgan fingerprint density at radius 1 is 0.238 bits per heavy atom. The van der Waals surface area contributed by atoms with Crippen molar-refractivity contribution in [3.8, 4) is 0 Å². The third kappa shape index (κ3) is 79.9. The van der Waals surface area contributed by atoms with Crippen LogP contribution < -0.4 is 0 Å². The van der Waals surface area contributed by atoms with E-state index in [-0.39, 0.29) is 25.7 Å². The van der Waals surface area contributed by atoms with Crippen molar-refractivity contribution in [2.24, 2.45) is 23.7 Å². The normalized spacial score (nSPS) is 13.9. The molecule has 105 heavy (non-hydrogen) atoms. The highest BCUT2D eigenvalue weighted by Crippen LogP contribution is 2.45. The van der Waals surface area contributed by atoms with Gasteiger partial charge in [0, 0.05) is 25.7 Å². The monoisotopic (exact) mass is 1540 g/mol. The lowest BCUT2D eigenvalue weighted by Gasteiger charge is -2.21. The van der Waals surface area contributed by atoms with Gasteiger partial charge in [-0.2, -0.15) is 0 Å². The number of phosphoric acid groups is 2. The number of aliphatic hydroxyl groups is 1. The van der Waals surface area contributed by atoms with E-state index in [2.05, 4.69) is 55.4 Å². The molecule has 19 heteroatoms. The van der Waals surface area contributed by atoms with Crippen LogP contribution in [0.3, 0.4) is 0 Å². The van der Waals surface area contributed by atoms with Crippen molar-refractivity contribution in [1.29, 1.82) is 0 Å². The number of hydrogen-bond acceptors (Lipinski definition) is 15. The molecule has 624 valence electrons. The molecule has 0 saturated carbocycles. The number of aliphatic hydroxyl groups excluding tert-OH is 1. The first-order valence-corrected chi connectivity index (χ1v) is 47.2. The van der Waals surface area contributed by atoms with E-state index in [1.165, 1.54) is 250 Å². The smallest absolute Gasteiger partial charge is 0.462 e. The summed E-state index contributed by atoms with van der Waals surface area (Å²) in [6.07, 6.45) is 63.9. The molecular weight excluding hydrogens is 1370 g/mol. The van der Waals surface area contributed by atoms with E-state index in [1.807, 2.05) is 0 Å². The molecule has 0 heterocycles. The lowest BCUT2D eigenvalue weighted by Crippen LogP contribution is -2.30. The zero-order valence-electron chi connectivity index (χ0n) is 69.4. The van der Waals surface area contributed by atoms with Gasteiger partial charge < -0.3 is 33.8 Å². The Morgan fingerprint density at radius 3 is 0.590 bits per heavy atom. The lowest BCUT2D eigenvalue weighted by atomic mass is 10.0. The number of ether oxygens (including phenoxy) is 4. The molecule has 0 aliphatic carbocycles. The van der Waals surface area contributed by atoms with Gasteiger partial charge in [0.15, 0.2) is 12.2 Å². The summed E-state index contributed by atoms with van der Waals surface area (Å²) in [6.45, 7) is 14.3. The molecule has 0 aliphatic rings. The zero-order chi connectivity index (χ0) is 77.4. The third-order valence-corrected chi connectivity index (χ3v) is 22.0. The van der Waals surface area contributed by atoms with E-state index in [9.17, 15) is 43.2 Å². The summed E-state index contributed by atoms with van der Waals surface area (Å²) in [4.78, 5) is 73.2. The first-order chi connectivity index (χ1) is 50.6. The van der Waals surface area contributed by atoms with Crippen molar-refractivity contribution in [2.75, 3.05) is 39.6 Å². The molecule has 0 aliphatic heterocycles. The highest BCUT2D eigenvalue weighted by molar-refractivity contribution is 7.47. The van der Waals surface area contributed by atoms with Crippen LogP contribution in [0.15, 0.2) is 0 Å². The van der Waals surface area contributed by atoms with Crippen molar-refractivity contribution in [3.05, 3.63) is 0 Å². The van der Waals surface area contributed by atoms with Gasteiger partial charge in [-0.3, -0.25) is 37.3 Å². The molecule has 0 bridgehead atoms. The van der Waals surface area contributed by atoms with Gasteiger partial charge in [-0.05, 0) is 49.4 Å². The van der Waals surface area contributed by atoms with Gasteiger partial charge in [-0.25, -0.2) is 9.13 Å². The average Bonchev–Trinajstić information content (AvgIpc) is 0.910. The molecule has 0 fully saturated rings. The second-order valence-electron chi connectivity index (χ2n) is 32.8. The van der Waals surface area contributed by atoms with E-state index in [0.29, 0.717) is 25.7 Å². The summed E-state index contributed by atoms with van der Waals surface area (Å²) in [6, 6.07) is 0. The van der Waals surface area contributed by atoms with E-state index in [0.717, 1.165) is 114 Å².